The Balaban J connectivity index is 0. The molecule has 1 aromatic rings. The minimum atomic E-state index is -1.06. The van der Waals surface area contributed by atoms with Crippen LogP contribution in [0.4, 0.5) is 0 Å². The Hall–Kier alpha value is -4.12. The van der Waals surface area contributed by atoms with Crippen molar-refractivity contribution in [3.63, 3.8) is 0 Å². The number of carboxylic acids is 2. The van der Waals surface area contributed by atoms with Gasteiger partial charge in [-0.05, 0) is 75.6 Å². The highest BCUT2D eigenvalue weighted by Crippen LogP contribution is 2.04. The van der Waals surface area contributed by atoms with Gasteiger partial charge in [0.2, 0.25) is 0 Å². The van der Waals surface area contributed by atoms with Crippen molar-refractivity contribution in [3.8, 4) is 0 Å². The maximum absolute atomic E-state index is 11.2. The van der Waals surface area contributed by atoms with E-state index >= 15 is 0 Å². The number of aliphatic hydroxyl groups is 4. The highest BCUT2D eigenvalue weighted by Gasteiger charge is 2.10. The number of esters is 4. The normalized spacial score (nSPS) is 9.92. The molecule has 0 saturated heterocycles. The second-order valence-corrected chi connectivity index (χ2v) is 9.79. The first-order valence-corrected chi connectivity index (χ1v) is 15.6. The van der Waals surface area contributed by atoms with E-state index in [4.69, 9.17) is 49.6 Å². The molecule has 1 aromatic carbocycles. The summed E-state index contributed by atoms with van der Waals surface area (Å²) in [6, 6.07) is 5.02. The summed E-state index contributed by atoms with van der Waals surface area (Å²) in [5.74, 6) is -3.85. The molecule has 0 fully saturated rings. The molecule has 16 nitrogen and oxygen atoms in total. The first-order valence-electron chi connectivity index (χ1n) is 15.6. The van der Waals surface area contributed by atoms with Crippen molar-refractivity contribution >= 4 is 35.8 Å². The maximum atomic E-state index is 11.2. The third kappa shape index (κ3) is 30.5. The monoisotopic (exact) mass is 690 g/mol. The smallest absolute Gasteiger partial charge is 0.335 e. The van der Waals surface area contributed by atoms with Gasteiger partial charge in [0, 0.05) is 26.4 Å². The average Bonchev–Trinajstić information content (AvgIpc) is 3.07. The van der Waals surface area contributed by atoms with E-state index < -0.39 is 35.8 Å². The summed E-state index contributed by atoms with van der Waals surface area (Å²) in [6.07, 6.45) is 4.91. The lowest BCUT2D eigenvalue weighted by molar-refractivity contribution is -0.150. The number of rotatable bonds is 24. The summed E-state index contributed by atoms with van der Waals surface area (Å²) in [5.41, 5.74) is 0.167. The van der Waals surface area contributed by atoms with Crippen LogP contribution in [0.1, 0.15) is 97.8 Å². The molecule has 48 heavy (non-hydrogen) atoms. The first-order chi connectivity index (χ1) is 23.0. The predicted octanol–water partition coefficient (Wildman–Crippen LogP) is 1.88. The second kappa shape index (κ2) is 32.8. The van der Waals surface area contributed by atoms with Crippen molar-refractivity contribution < 1.29 is 78.4 Å². The Morgan fingerprint density at radius 2 is 0.604 bits per heavy atom. The number of hydrogen-bond donors (Lipinski definition) is 6. The van der Waals surface area contributed by atoms with Gasteiger partial charge >= 0.3 is 35.8 Å². The molecule has 0 unspecified atom stereocenters. The number of aliphatic hydroxyl groups excluding tert-OH is 4. The number of unbranched alkanes of at least 4 members (excludes halogenated alkanes) is 4. The number of carbonyl (C=O) groups excluding carboxylic acids is 4. The summed E-state index contributed by atoms with van der Waals surface area (Å²) < 4.78 is 19.4. The number of carbonyl (C=O) groups is 6. The van der Waals surface area contributed by atoms with E-state index in [0.29, 0.717) is 51.4 Å². The van der Waals surface area contributed by atoms with E-state index in [-0.39, 0.29) is 89.7 Å². The molecule has 0 radical (unpaired) electrons. The number of ether oxygens (including phenoxy) is 4. The molecular formula is C32H50O16. The molecule has 0 atom stereocenters. The third-order valence-corrected chi connectivity index (χ3v) is 5.71. The van der Waals surface area contributed by atoms with Crippen LogP contribution in [0.5, 0.6) is 0 Å². The summed E-state index contributed by atoms with van der Waals surface area (Å²) in [6.45, 7) is 1.40. The molecule has 0 amide bonds. The van der Waals surface area contributed by atoms with Crippen molar-refractivity contribution in [3.05, 3.63) is 35.4 Å². The van der Waals surface area contributed by atoms with Gasteiger partial charge in [-0.3, -0.25) is 19.2 Å². The topological polar surface area (TPSA) is 261 Å². The third-order valence-electron chi connectivity index (χ3n) is 5.71. The quantitative estimate of drug-likeness (QED) is 0.0514. The molecule has 0 saturated carbocycles. The van der Waals surface area contributed by atoms with Crippen LogP contribution < -0.4 is 0 Å². The SMILES string of the molecule is O=C(CCC(=O)OCCCCO)OCCCCO.O=C(CCC(=O)OCCCCO)OCCCCO.O=C(O)c1ccc(C(=O)O)cc1. The van der Waals surface area contributed by atoms with Crippen LogP contribution in [0.3, 0.4) is 0 Å². The molecule has 0 aliphatic heterocycles. The molecule has 16 heteroatoms. The van der Waals surface area contributed by atoms with E-state index in [1.54, 1.807) is 0 Å². The lowest BCUT2D eigenvalue weighted by Crippen LogP contribution is -2.11. The van der Waals surface area contributed by atoms with Crippen LogP contribution in [-0.2, 0) is 38.1 Å². The van der Waals surface area contributed by atoms with Gasteiger partial charge < -0.3 is 49.6 Å². The van der Waals surface area contributed by atoms with Crippen LogP contribution in [0, 0.1) is 0 Å². The number of aromatic carboxylic acids is 2. The Morgan fingerprint density at radius 1 is 0.396 bits per heavy atom. The van der Waals surface area contributed by atoms with Crippen molar-refractivity contribution in [1.29, 1.82) is 0 Å². The lowest BCUT2D eigenvalue weighted by Gasteiger charge is -2.05. The summed E-state index contributed by atoms with van der Waals surface area (Å²) in [4.78, 5) is 65.3. The molecule has 0 aliphatic rings. The average molecular weight is 691 g/mol. The molecular weight excluding hydrogens is 640 g/mol. The second-order valence-electron chi connectivity index (χ2n) is 9.79. The number of benzene rings is 1. The van der Waals surface area contributed by atoms with Crippen molar-refractivity contribution in [1.82, 2.24) is 0 Å². The van der Waals surface area contributed by atoms with Crippen LogP contribution in [0.2, 0.25) is 0 Å². The fourth-order valence-electron chi connectivity index (χ4n) is 3.05. The standard InChI is InChI=1S/2C12H22O6.C8H6O4/c2*13-7-1-3-9-17-11(15)5-6-12(16)18-10-4-2-8-14;9-7(10)5-1-2-6(4-3-5)8(11)12/h2*13-14H,1-10H2;1-4H,(H,9,10)(H,11,12). The molecule has 6 N–H and O–H groups in total. The number of carboxylic acid groups (broad SMARTS) is 2. The van der Waals surface area contributed by atoms with Crippen molar-refractivity contribution in [2.75, 3.05) is 52.9 Å². The Labute approximate surface area is 279 Å². The zero-order valence-electron chi connectivity index (χ0n) is 27.2. The molecule has 274 valence electrons. The van der Waals surface area contributed by atoms with Gasteiger partial charge in [-0.1, -0.05) is 0 Å². The Bertz CT molecular complexity index is 896. The van der Waals surface area contributed by atoms with Gasteiger partial charge in [0.05, 0.1) is 63.2 Å². The molecule has 0 aliphatic carbocycles. The fraction of sp³-hybridized carbons (Fsp3) is 0.625. The summed E-state index contributed by atoms with van der Waals surface area (Å²) >= 11 is 0. The van der Waals surface area contributed by atoms with Gasteiger partial charge in [-0.25, -0.2) is 9.59 Å². The van der Waals surface area contributed by atoms with E-state index in [9.17, 15) is 28.8 Å². The van der Waals surface area contributed by atoms with E-state index in [1.165, 1.54) is 24.3 Å². The molecule has 0 bridgehead atoms. The van der Waals surface area contributed by atoms with E-state index in [0.717, 1.165) is 0 Å². The molecule has 0 spiro atoms. The van der Waals surface area contributed by atoms with E-state index in [1.807, 2.05) is 0 Å². The van der Waals surface area contributed by atoms with E-state index in [2.05, 4.69) is 0 Å². The fourth-order valence-corrected chi connectivity index (χ4v) is 3.05. The highest BCUT2D eigenvalue weighted by molar-refractivity contribution is 5.91. The minimum absolute atomic E-state index is 0.0119. The van der Waals surface area contributed by atoms with Crippen molar-refractivity contribution in [2.24, 2.45) is 0 Å². The molecule has 0 aromatic heterocycles. The molecule has 0 heterocycles. The molecule has 1 rings (SSSR count). The van der Waals surface area contributed by atoms with Gasteiger partial charge in [0.25, 0.3) is 0 Å². The van der Waals surface area contributed by atoms with Crippen LogP contribution >= 0.6 is 0 Å². The van der Waals surface area contributed by atoms with Crippen molar-refractivity contribution in [2.45, 2.75) is 77.0 Å². The van der Waals surface area contributed by atoms with Crippen LogP contribution in [0.15, 0.2) is 24.3 Å². The van der Waals surface area contributed by atoms with Gasteiger partial charge in [0.15, 0.2) is 0 Å². The highest BCUT2D eigenvalue weighted by atomic mass is 16.5. The summed E-state index contributed by atoms with van der Waals surface area (Å²) in [5, 5.41) is 51.0. The van der Waals surface area contributed by atoms with Gasteiger partial charge in [-0.15, -0.1) is 0 Å². The van der Waals surface area contributed by atoms with Gasteiger partial charge in [0.1, 0.15) is 0 Å². The Kier molecular flexibility index (Phi) is 31.4. The maximum Gasteiger partial charge on any atom is 0.335 e. The zero-order valence-corrected chi connectivity index (χ0v) is 27.2. The first kappa shape index (κ1) is 46.0. The van der Waals surface area contributed by atoms with Crippen LogP contribution in [-0.4, -0.2) is 119 Å². The largest absolute Gasteiger partial charge is 0.478 e. The summed E-state index contributed by atoms with van der Waals surface area (Å²) in [7, 11) is 0. The number of hydrogen-bond acceptors (Lipinski definition) is 14. The van der Waals surface area contributed by atoms with Gasteiger partial charge in [-0.2, -0.15) is 0 Å². The predicted molar refractivity (Wildman–Crippen MR) is 168 cm³/mol. The minimum Gasteiger partial charge on any atom is -0.478 e. The lowest BCUT2D eigenvalue weighted by atomic mass is 10.1. The zero-order chi connectivity index (χ0) is 36.4. The van der Waals surface area contributed by atoms with Crippen LogP contribution in [0.25, 0.3) is 0 Å². The Morgan fingerprint density at radius 3 is 0.771 bits per heavy atom.